The highest BCUT2D eigenvalue weighted by molar-refractivity contribution is 6.30. The number of anilines is 2. The number of carbonyl (C=O) groups is 3. The number of Topliss-reactive ketones (excluding diaryl/α,β-unsaturated/α-hetero) is 2. The van der Waals surface area contributed by atoms with Crippen molar-refractivity contribution in [1.29, 1.82) is 0 Å². The molecule has 0 aromatic heterocycles. The molecule has 6 nitrogen and oxygen atoms in total. The summed E-state index contributed by atoms with van der Waals surface area (Å²) in [5, 5.41) is 3.56. The summed E-state index contributed by atoms with van der Waals surface area (Å²) < 4.78 is 5.44. The van der Waals surface area contributed by atoms with Crippen LogP contribution in [0, 0.1) is 5.92 Å². The lowest BCUT2D eigenvalue weighted by atomic mass is 9.64. The van der Waals surface area contributed by atoms with Gasteiger partial charge in [-0.05, 0) is 66.6 Å². The van der Waals surface area contributed by atoms with Crippen LogP contribution in [0.5, 0.6) is 5.75 Å². The van der Waals surface area contributed by atoms with Gasteiger partial charge in [-0.15, -0.1) is 0 Å². The predicted octanol–water partition coefficient (Wildman–Crippen LogP) is 6.59. The average Bonchev–Trinajstić information content (AvgIpc) is 3.49. The predicted molar refractivity (Wildman–Crippen MR) is 163 cm³/mol. The average molecular weight is 575 g/mol. The molecule has 1 N–H and O–H groups in total. The van der Waals surface area contributed by atoms with Crippen molar-refractivity contribution in [1.82, 2.24) is 0 Å². The van der Waals surface area contributed by atoms with Crippen molar-refractivity contribution in [2.24, 2.45) is 5.92 Å². The third-order valence-electron chi connectivity index (χ3n) is 8.92. The molecule has 3 aliphatic rings. The van der Waals surface area contributed by atoms with Gasteiger partial charge in [-0.25, -0.2) is 0 Å². The third kappa shape index (κ3) is 3.61. The monoisotopic (exact) mass is 574 g/mol. The highest BCUT2D eigenvalue weighted by atomic mass is 35.5. The number of methoxy groups -OCH3 is 1. The lowest BCUT2D eigenvalue weighted by Crippen LogP contribution is -2.51. The van der Waals surface area contributed by atoms with E-state index in [1.54, 1.807) is 55.6 Å². The van der Waals surface area contributed by atoms with E-state index in [0.29, 0.717) is 33.1 Å². The fourth-order valence-corrected chi connectivity index (χ4v) is 7.25. The molecular weight excluding hydrogens is 548 g/mol. The van der Waals surface area contributed by atoms with E-state index < -0.39 is 23.4 Å². The molecule has 208 valence electrons. The number of amides is 1. The van der Waals surface area contributed by atoms with Crippen LogP contribution < -0.4 is 15.0 Å². The molecule has 0 radical (unpaired) electrons. The quantitative estimate of drug-likeness (QED) is 0.272. The zero-order chi connectivity index (χ0) is 29.2. The summed E-state index contributed by atoms with van der Waals surface area (Å²) in [6, 6.07) is 27.3. The van der Waals surface area contributed by atoms with Crippen LogP contribution in [0.25, 0.3) is 5.57 Å². The molecule has 4 aromatic carbocycles. The number of benzene rings is 4. The first-order valence-electron chi connectivity index (χ1n) is 13.8. The summed E-state index contributed by atoms with van der Waals surface area (Å²) in [7, 11) is 1.55. The van der Waals surface area contributed by atoms with Crippen LogP contribution >= 0.6 is 11.6 Å². The topological polar surface area (TPSA) is 75.7 Å². The minimum atomic E-state index is -1.37. The number of ether oxygens (including phenoxy) is 1. The van der Waals surface area contributed by atoms with Crippen LogP contribution in [-0.4, -0.2) is 36.7 Å². The van der Waals surface area contributed by atoms with Gasteiger partial charge < -0.3 is 15.0 Å². The summed E-state index contributed by atoms with van der Waals surface area (Å²) in [6.45, 7) is 2.01. The number of ketones is 2. The Kier molecular flexibility index (Phi) is 6.06. The van der Waals surface area contributed by atoms with Gasteiger partial charge in [0.2, 0.25) is 5.91 Å². The number of nitrogens with zero attached hydrogens (tertiary/aromatic N) is 1. The number of hydrogen-bond donors (Lipinski definition) is 1. The van der Waals surface area contributed by atoms with Gasteiger partial charge in [-0.1, -0.05) is 66.2 Å². The minimum absolute atomic E-state index is 0.261. The van der Waals surface area contributed by atoms with Crippen molar-refractivity contribution in [3.8, 4) is 5.75 Å². The Balaban J connectivity index is 1.55. The molecule has 0 unspecified atom stereocenters. The Hall–Kier alpha value is -4.68. The molecule has 4 atom stereocenters. The van der Waals surface area contributed by atoms with Gasteiger partial charge in [0, 0.05) is 33.1 Å². The number of nitrogens with one attached hydrogen (secondary N) is 1. The van der Waals surface area contributed by atoms with E-state index in [4.69, 9.17) is 16.3 Å². The summed E-state index contributed by atoms with van der Waals surface area (Å²) >= 11 is 6.19. The van der Waals surface area contributed by atoms with E-state index in [9.17, 15) is 14.4 Å². The van der Waals surface area contributed by atoms with E-state index in [2.05, 4.69) is 5.32 Å². The molecule has 1 fully saturated rings. The van der Waals surface area contributed by atoms with E-state index in [1.807, 2.05) is 66.4 Å². The Labute approximate surface area is 248 Å². The Morgan fingerprint density at radius 1 is 0.881 bits per heavy atom. The van der Waals surface area contributed by atoms with Gasteiger partial charge in [0.1, 0.15) is 17.2 Å². The first-order valence-corrected chi connectivity index (χ1v) is 14.2. The summed E-state index contributed by atoms with van der Waals surface area (Å²) in [5.74, 6) is -1.37. The maximum absolute atomic E-state index is 14.8. The summed E-state index contributed by atoms with van der Waals surface area (Å²) in [5.41, 5.74) is 3.53. The van der Waals surface area contributed by atoms with E-state index in [0.717, 1.165) is 16.8 Å². The summed E-state index contributed by atoms with van der Waals surface area (Å²) in [4.78, 5) is 46.1. The molecule has 1 amide bonds. The van der Waals surface area contributed by atoms with E-state index in [1.165, 1.54) is 0 Å². The van der Waals surface area contributed by atoms with Crippen LogP contribution in [-0.2, 0) is 10.2 Å². The fraction of sp³-hybridized carbons (Fsp3) is 0.171. The molecule has 42 heavy (non-hydrogen) atoms. The fourth-order valence-electron chi connectivity index (χ4n) is 7.13. The Bertz CT molecular complexity index is 1810. The number of para-hydroxylation sites is 2. The molecule has 7 rings (SSSR count). The normalized spacial score (nSPS) is 23.5. The van der Waals surface area contributed by atoms with Gasteiger partial charge in [-0.2, -0.15) is 0 Å². The third-order valence-corrected chi connectivity index (χ3v) is 9.17. The maximum Gasteiger partial charge on any atom is 0.238 e. The van der Waals surface area contributed by atoms with Crippen LogP contribution in [0.3, 0.4) is 0 Å². The molecule has 0 aliphatic carbocycles. The molecular formula is C35H27ClN2O4. The first kappa shape index (κ1) is 26.2. The highest BCUT2D eigenvalue weighted by Gasteiger charge is 2.70. The minimum Gasteiger partial charge on any atom is -0.497 e. The largest absolute Gasteiger partial charge is 0.497 e. The lowest BCUT2D eigenvalue weighted by Gasteiger charge is -2.39. The van der Waals surface area contributed by atoms with Crippen molar-refractivity contribution >= 4 is 46.0 Å². The number of halogens is 1. The number of fused-ring (bicyclic) bond motifs is 6. The molecule has 7 heteroatoms. The van der Waals surface area contributed by atoms with Crippen LogP contribution in [0.1, 0.15) is 38.8 Å². The molecule has 3 heterocycles. The smallest absolute Gasteiger partial charge is 0.238 e. The van der Waals surface area contributed by atoms with Crippen molar-refractivity contribution < 1.29 is 19.1 Å². The molecule has 1 saturated heterocycles. The number of allylic oxidation sites excluding steroid dienone is 1. The molecule has 3 aliphatic heterocycles. The molecule has 4 aromatic rings. The van der Waals surface area contributed by atoms with Crippen LogP contribution in [0.15, 0.2) is 103 Å². The molecule has 1 spiro atoms. The number of hydrogen-bond acceptors (Lipinski definition) is 5. The number of carbonyl (C=O) groups excluding carboxylic acids is 3. The molecule has 0 saturated carbocycles. The Morgan fingerprint density at radius 3 is 2.40 bits per heavy atom. The van der Waals surface area contributed by atoms with Crippen LogP contribution in [0.4, 0.5) is 11.4 Å². The molecule has 0 bridgehead atoms. The van der Waals surface area contributed by atoms with Gasteiger partial charge in [0.25, 0.3) is 0 Å². The number of rotatable bonds is 5. The van der Waals surface area contributed by atoms with Crippen molar-refractivity contribution in [3.05, 3.63) is 130 Å². The van der Waals surface area contributed by atoms with Gasteiger partial charge >= 0.3 is 0 Å². The van der Waals surface area contributed by atoms with Gasteiger partial charge in [0.05, 0.1) is 19.1 Å². The second kappa shape index (κ2) is 9.71. The van der Waals surface area contributed by atoms with Crippen molar-refractivity contribution in [3.63, 3.8) is 0 Å². The second-order valence-electron chi connectivity index (χ2n) is 11.0. The highest BCUT2D eigenvalue weighted by Crippen LogP contribution is 2.58. The Morgan fingerprint density at radius 2 is 1.62 bits per heavy atom. The van der Waals surface area contributed by atoms with Gasteiger partial charge in [-0.3, -0.25) is 14.4 Å². The SMILES string of the molecule is COc1cccc(C(=O)[C@H]2[C@@H](C(=O)c3ccc(Cl)cc3)[C@@]3(C(=O)Nc4ccccc43)[C@H]3C=C(C)c4ccccc4N23)c1. The van der Waals surface area contributed by atoms with Gasteiger partial charge in [0.15, 0.2) is 11.6 Å². The zero-order valence-corrected chi connectivity index (χ0v) is 23.8. The standard InChI is InChI=1S/C35H27ClN2O4/c1-20-18-29-35(26-11-4-5-12-27(26)37-34(35)41)30(32(39)21-14-16-23(36)17-15-21)31(38(29)28-13-6-3-10-25(20)28)33(40)22-8-7-9-24(19-22)42-2/h3-19,29-31H,1-2H3,(H,37,41)/t29-,30+,31-,35+/m1/s1. The van der Waals surface area contributed by atoms with E-state index >= 15 is 0 Å². The zero-order valence-electron chi connectivity index (χ0n) is 23.0. The maximum atomic E-state index is 14.8. The van der Waals surface area contributed by atoms with Crippen LogP contribution in [0.2, 0.25) is 5.02 Å². The van der Waals surface area contributed by atoms with E-state index in [-0.39, 0.29) is 17.5 Å². The van der Waals surface area contributed by atoms with Crippen molar-refractivity contribution in [2.75, 3.05) is 17.3 Å². The first-order chi connectivity index (χ1) is 20.4. The lowest BCUT2D eigenvalue weighted by molar-refractivity contribution is -0.121. The second-order valence-corrected chi connectivity index (χ2v) is 11.4. The summed E-state index contributed by atoms with van der Waals surface area (Å²) in [6.07, 6.45) is 2.05. The van der Waals surface area contributed by atoms with Crippen molar-refractivity contribution in [2.45, 2.75) is 24.4 Å².